The zero-order valence-electron chi connectivity index (χ0n) is 6.45. The number of hydrogen-bond donors (Lipinski definition) is 1. The Morgan fingerprint density at radius 3 is 2.64 bits per heavy atom. The molecule has 1 N–H and O–H groups in total. The minimum Gasteiger partial charge on any atom is -0.425 e. The fourth-order valence-corrected chi connectivity index (χ4v) is 0.768. The minimum atomic E-state index is -2.79. The Hall–Kier alpha value is -0.470. The maximum atomic E-state index is 10.4. The maximum Gasteiger partial charge on any atom is 0.633 e. The minimum absolute atomic E-state index is 0.244. The van der Waals surface area contributed by atoms with E-state index in [1.807, 2.05) is 6.92 Å². The smallest absolute Gasteiger partial charge is 0.425 e. The Morgan fingerprint density at radius 1 is 1.55 bits per heavy atom. The zero-order chi connectivity index (χ0) is 8.69. The van der Waals surface area contributed by atoms with Crippen molar-refractivity contribution in [3.63, 3.8) is 0 Å². The summed E-state index contributed by atoms with van der Waals surface area (Å²) in [7, 11) is -2.79. The van der Waals surface area contributed by atoms with Crippen molar-refractivity contribution in [3.05, 3.63) is 0 Å². The SMILES string of the molecule is CCCCCOC(=O)[P+](=O)O. The molecule has 0 aromatic heterocycles. The summed E-state index contributed by atoms with van der Waals surface area (Å²) >= 11 is 0. The van der Waals surface area contributed by atoms with E-state index in [4.69, 9.17) is 4.89 Å². The summed E-state index contributed by atoms with van der Waals surface area (Å²) in [6.07, 6.45) is 2.75. The third-order valence-corrected chi connectivity index (χ3v) is 1.57. The largest absolute Gasteiger partial charge is 0.633 e. The molecule has 0 spiro atoms. The van der Waals surface area contributed by atoms with Crippen LogP contribution in [-0.4, -0.2) is 17.2 Å². The monoisotopic (exact) mass is 179 g/mol. The summed E-state index contributed by atoms with van der Waals surface area (Å²) in [6, 6.07) is 0. The van der Waals surface area contributed by atoms with Gasteiger partial charge in [-0.3, -0.25) is 0 Å². The van der Waals surface area contributed by atoms with Crippen molar-refractivity contribution in [1.29, 1.82) is 0 Å². The van der Waals surface area contributed by atoms with Gasteiger partial charge in [-0.05, 0) is 11.0 Å². The van der Waals surface area contributed by atoms with Crippen LogP contribution in [0.1, 0.15) is 26.2 Å². The van der Waals surface area contributed by atoms with Crippen LogP contribution < -0.4 is 0 Å². The normalized spacial score (nSPS) is 10.9. The summed E-state index contributed by atoms with van der Waals surface area (Å²) in [4.78, 5) is 18.6. The first-order valence-corrected chi connectivity index (χ1v) is 4.72. The van der Waals surface area contributed by atoms with Gasteiger partial charge in [-0.15, -0.1) is 0 Å². The average Bonchev–Trinajstić information content (AvgIpc) is 1.97. The van der Waals surface area contributed by atoms with E-state index >= 15 is 0 Å². The van der Waals surface area contributed by atoms with Crippen molar-refractivity contribution >= 4 is 13.7 Å². The molecule has 0 aromatic rings. The maximum absolute atomic E-state index is 10.4. The van der Waals surface area contributed by atoms with Gasteiger partial charge < -0.3 is 4.74 Å². The van der Waals surface area contributed by atoms with Gasteiger partial charge in [-0.1, -0.05) is 19.8 Å². The van der Waals surface area contributed by atoms with Gasteiger partial charge in [0.1, 0.15) is 0 Å². The highest BCUT2D eigenvalue weighted by Crippen LogP contribution is 2.16. The molecule has 0 fully saturated rings. The van der Waals surface area contributed by atoms with Gasteiger partial charge in [-0.2, -0.15) is 9.69 Å². The molecular weight excluding hydrogens is 167 g/mol. The second-order valence-electron chi connectivity index (χ2n) is 2.09. The molecule has 0 heterocycles. The first-order valence-electron chi connectivity index (χ1n) is 3.51. The Balaban J connectivity index is 3.25. The molecule has 0 rings (SSSR count). The van der Waals surface area contributed by atoms with E-state index < -0.39 is 13.7 Å². The molecule has 0 amide bonds. The van der Waals surface area contributed by atoms with Gasteiger partial charge in [-0.25, -0.2) is 0 Å². The molecule has 1 unspecified atom stereocenters. The van der Waals surface area contributed by atoms with Crippen molar-refractivity contribution in [1.82, 2.24) is 0 Å². The highest BCUT2D eigenvalue weighted by atomic mass is 31.1. The second kappa shape index (κ2) is 6.25. The Bertz CT molecular complexity index is 146. The van der Waals surface area contributed by atoms with Crippen molar-refractivity contribution in [2.24, 2.45) is 0 Å². The topological polar surface area (TPSA) is 63.6 Å². The van der Waals surface area contributed by atoms with Gasteiger partial charge in [0.2, 0.25) is 0 Å². The summed E-state index contributed by atoms with van der Waals surface area (Å²) in [5.41, 5.74) is -1.02. The van der Waals surface area contributed by atoms with Crippen LogP contribution in [0.25, 0.3) is 0 Å². The molecule has 0 aliphatic rings. The fraction of sp³-hybridized carbons (Fsp3) is 0.833. The van der Waals surface area contributed by atoms with Gasteiger partial charge in [0.25, 0.3) is 0 Å². The predicted octanol–water partition coefficient (Wildman–Crippen LogP) is 2.05. The molecule has 0 radical (unpaired) electrons. The highest BCUT2D eigenvalue weighted by molar-refractivity contribution is 7.57. The first kappa shape index (κ1) is 10.5. The van der Waals surface area contributed by atoms with E-state index in [9.17, 15) is 9.36 Å². The number of hydrogen-bond acceptors (Lipinski definition) is 3. The van der Waals surface area contributed by atoms with Crippen LogP contribution in [0.5, 0.6) is 0 Å². The third-order valence-electron chi connectivity index (χ3n) is 1.13. The Labute approximate surface area is 66.4 Å². The van der Waals surface area contributed by atoms with Crippen molar-refractivity contribution in [2.45, 2.75) is 26.2 Å². The van der Waals surface area contributed by atoms with Crippen molar-refractivity contribution < 1.29 is 19.0 Å². The van der Waals surface area contributed by atoms with Crippen LogP contribution in [0.4, 0.5) is 4.79 Å². The lowest BCUT2D eigenvalue weighted by atomic mass is 10.3. The summed E-state index contributed by atoms with van der Waals surface area (Å²) in [5.74, 6) is 0. The molecule has 5 heteroatoms. The van der Waals surface area contributed by atoms with Crippen molar-refractivity contribution in [3.8, 4) is 0 Å². The number of unbranched alkanes of at least 4 members (excludes halogenated alkanes) is 2. The predicted molar refractivity (Wildman–Crippen MR) is 40.7 cm³/mol. The molecular formula is C6H12O4P+. The third kappa shape index (κ3) is 5.95. The van der Waals surface area contributed by atoms with Gasteiger partial charge in [0, 0.05) is 0 Å². The number of carbonyl (C=O) groups is 1. The van der Waals surface area contributed by atoms with E-state index in [2.05, 4.69) is 4.74 Å². The molecule has 0 saturated heterocycles. The fourth-order valence-electron chi connectivity index (χ4n) is 0.567. The quantitative estimate of drug-likeness (QED) is 0.518. The molecule has 11 heavy (non-hydrogen) atoms. The molecule has 1 atom stereocenters. The molecule has 4 nitrogen and oxygen atoms in total. The standard InChI is InChI=1S/C6H11O4P/c1-2-3-4-5-10-6(7)11(8)9/h2-5H2,1H3/p+1. The average molecular weight is 179 g/mol. The Kier molecular flexibility index (Phi) is 5.99. The molecule has 0 aromatic carbocycles. The Morgan fingerprint density at radius 2 is 2.18 bits per heavy atom. The van der Waals surface area contributed by atoms with Gasteiger partial charge >= 0.3 is 13.7 Å². The lowest BCUT2D eigenvalue weighted by Crippen LogP contribution is -1.98. The van der Waals surface area contributed by atoms with Crippen LogP contribution >= 0.6 is 8.03 Å². The van der Waals surface area contributed by atoms with E-state index in [1.54, 1.807) is 0 Å². The van der Waals surface area contributed by atoms with E-state index in [-0.39, 0.29) is 6.61 Å². The summed E-state index contributed by atoms with van der Waals surface area (Å²) in [6.45, 7) is 2.27. The molecule has 0 aliphatic heterocycles. The van der Waals surface area contributed by atoms with E-state index in [1.165, 1.54) is 0 Å². The van der Waals surface area contributed by atoms with Crippen LogP contribution in [-0.2, 0) is 9.30 Å². The summed E-state index contributed by atoms with van der Waals surface area (Å²) < 4.78 is 14.5. The van der Waals surface area contributed by atoms with Crippen molar-refractivity contribution in [2.75, 3.05) is 6.61 Å². The molecule has 64 valence electrons. The zero-order valence-corrected chi connectivity index (χ0v) is 7.34. The molecule has 0 bridgehead atoms. The molecule has 0 saturated carbocycles. The number of rotatable bonds is 5. The van der Waals surface area contributed by atoms with Crippen LogP contribution in [0.3, 0.4) is 0 Å². The summed E-state index contributed by atoms with van der Waals surface area (Å²) in [5, 5.41) is 0. The van der Waals surface area contributed by atoms with E-state index in [0.717, 1.165) is 19.3 Å². The molecule has 0 aliphatic carbocycles. The van der Waals surface area contributed by atoms with Crippen LogP contribution in [0.15, 0.2) is 0 Å². The van der Waals surface area contributed by atoms with Crippen LogP contribution in [0, 0.1) is 0 Å². The lowest BCUT2D eigenvalue weighted by Gasteiger charge is -1.94. The lowest BCUT2D eigenvalue weighted by molar-refractivity contribution is 0.167. The van der Waals surface area contributed by atoms with E-state index in [0.29, 0.717) is 0 Å². The second-order valence-corrected chi connectivity index (χ2v) is 3.01. The van der Waals surface area contributed by atoms with Gasteiger partial charge in [0.15, 0.2) is 0 Å². The first-order chi connectivity index (χ1) is 5.18. The number of ether oxygens (including phenoxy) is 1. The van der Waals surface area contributed by atoms with Crippen LogP contribution in [0.2, 0.25) is 0 Å². The van der Waals surface area contributed by atoms with Gasteiger partial charge in [0.05, 0.1) is 6.61 Å². The highest BCUT2D eigenvalue weighted by Gasteiger charge is 2.27. The number of carbonyl (C=O) groups excluding carboxylic acids is 1.